The van der Waals surface area contributed by atoms with E-state index < -0.39 is 5.97 Å². The molecule has 0 spiro atoms. The summed E-state index contributed by atoms with van der Waals surface area (Å²) in [6.07, 6.45) is 0.891. The molecule has 0 aromatic carbocycles. The van der Waals surface area contributed by atoms with Crippen LogP contribution in [0.3, 0.4) is 0 Å². The van der Waals surface area contributed by atoms with E-state index in [0.717, 1.165) is 6.42 Å². The van der Waals surface area contributed by atoms with Crippen molar-refractivity contribution in [3.05, 3.63) is 0 Å². The Morgan fingerprint density at radius 2 is 2.36 bits per heavy atom. The van der Waals surface area contributed by atoms with Gasteiger partial charge in [0.15, 0.2) is 0 Å². The second kappa shape index (κ2) is 5.32. The molecule has 1 rings (SSSR count). The van der Waals surface area contributed by atoms with Crippen LogP contribution in [0.15, 0.2) is 0 Å². The Balaban J connectivity index is 2.36. The normalized spacial score (nSPS) is 28.8. The highest BCUT2D eigenvalue weighted by molar-refractivity contribution is 5.67. The summed E-state index contributed by atoms with van der Waals surface area (Å²) in [5.41, 5.74) is 0. The summed E-state index contributed by atoms with van der Waals surface area (Å²) in [4.78, 5) is 10.5. The van der Waals surface area contributed by atoms with Gasteiger partial charge in [-0.15, -0.1) is 0 Å². The summed E-state index contributed by atoms with van der Waals surface area (Å²) < 4.78 is 5.45. The molecule has 0 radical (unpaired) electrons. The monoisotopic (exact) mass is 201 g/mol. The molecular formula is C10H19NO3. The summed E-state index contributed by atoms with van der Waals surface area (Å²) >= 11 is 0. The van der Waals surface area contributed by atoms with Gasteiger partial charge in [0, 0.05) is 19.2 Å². The fourth-order valence-corrected chi connectivity index (χ4v) is 1.70. The second-order valence-corrected chi connectivity index (χ2v) is 4.14. The van der Waals surface area contributed by atoms with Crippen LogP contribution in [0.1, 0.15) is 26.7 Å². The molecule has 0 aliphatic carbocycles. The summed E-state index contributed by atoms with van der Waals surface area (Å²) in [5, 5.41) is 12.0. The van der Waals surface area contributed by atoms with Crippen LogP contribution in [0.4, 0.5) is 0 Å². The van der Waals surface area contributed by atoms with Gasteiger partial charge in [-0.25, -0.2) is 0 Å². The number of ether oxygens (including phenoxy) is 1. The van der Waals surface area contributed by atoms with Gasteiger partial charge in [-0.05, 0) is 12.3 Å². The molecule has 2 N–H and O–H groups in total. The van der Waals surface area contributed by atoms with Crippen molar-refractivity contribution in [3.8, 4) is 0 Å². The first-order valence-electron chi connectivity index (χ1n) is 5.16. The number of hydrogen-bond donors (Lipinski definition) is 2. The Kier molecular flexibility index (Phi) is 4.35. The highest BCUT2D eigenvalue weighted by atomic mass is 16.5. The van der Waals surface area contributed by atoms with Crippen molar-refractivity contribution < 1.29 is 14.6 Å². The summed E-state index contributed by atoms with van der Waals surface area (Å²) in [6, 6.07) is 0.453. The summed E-state index contributed by atoms with van der Waals surface area (Å²) in [6.45, 7) is 5.63. The third kappa shape index (κ3) is 3.64. The number of rotatable bonds is 3. The van der Waals surface area contributed by atoms with Crippen molar-refractivity contribution >= 4 is 5.97 Å². The Labute approximate surface area is 84.6 Å². The molecule has 0 aromatic rings. The molecule has 4 heteroatoms. The summed E-state index contributed by atoms with van der Waals surface area (Å²) in [7, 11) is 0. The highest BCUT2D eigenvalue weighted by Gasteiger charge is 2.22. The van der Waals surface area contributed by atoms with Crippen molar-refractivity contribution in [1.29, 1.82) is 0 Å². The lowest BCUT2D eigenvalue weighted by Crippen LogP contribution is -2.37. The molecule has 2 atom stereocenters. The van der Waals surface area contributed by atoms with Gasteiger partial charge in [-0.1, -0.05) is 13.8 Å². The molecular weight excluding hydrogens is 182 g/mol. The van der Waals surface area contributed by atoms with Gasteiger partial charge < -0.3 is 15.2 Å². The largest absolute Gasteiger partial charge is 0.481 e. The van der Waals surface area contributed by atoms with Gasteiger partial charge in [0.25, 0.3) is 0 Å². The molecule has 1 heterocycles. The summed E-state index contributed by atoms with van der Waals surface area (Å²) in [5.74, 6) is -0.220. The van der Waals surface area contributed by atoms with Crippen LogP contribution < -0.4 is 5.32 Å². The minimum absolute atomic E-state index is 0.0951. The van der Waals surface area contributed by atoms with Crippen molar-refractivity contribution in [2.45, 2.75) is 38.8 Å². The fourth-order valence-electron chi connectivity index (χ4n) is 1.70. The number of nitrogens with one attached hydrogen (secondary N) is 1. The number of hydrogen-bond acceptors (Lipinski definition) is 3. The van der Waals surface area contributed by atoms with Gasteiger partial charge in [-0.3, -0.25) is 4.79 Å². The van der Waals surface area contributed by atoms with E-state index in [4.69, 9.17) is 9.84 Å². The third-order valence-corrected chi connectivity index (χ3v) is 2.60. The zero-order valence-corrected chi connectivity index (χ0v) is 8.82. The number of carboxylic acids is 1. The van der Waals surface area contributed by atoms with E-state index in [-0.39, 0.29) is 12.5 Å². The van der Waals surface area contributed by atoms with Crippen LogP contribution in [0.5, 0.6) is 0 Å². The van der Waals surface area contributed by atoms with Crippen molar-refractivity contribution in [2.24, 2.45) is 5.92 Å². The highest BCUT2D eigenvalue weighted by Crippen LogP contribution is 2.12. The molecule has 1 aliphatic rings. The number of aliphatic carboxylic acids is 1. The van der Waals surface area contributed by atoms with Gasteiger partial charge in [0.1, 0.15) is 0 Å². The van der Waals surface area contributed by atoms with Crippen LogP contribution in [0.25, 0.3) is 0 Å². The van der Waals surface area contributed by atoms with Gasteiger partial charge in [0.05, 0.1) is 12.5 Å². The maximum Gasteiger partial charge on any atom is 0.306 e. The molecule has 14 heavy (non-hydrogen) atoms. The first-order valence-corrected chi connectivity index (χ1v) is 5.16. The van der Waals surface area contributed by atoms with Crippen LogP contribution in [-0.2, 0) is 9.53 Å². The van der Waals surface area contributed by atoms with E-state index in [1.165, 1.54) is 0 Å². The minimum Gasteiger partial charge on any atom is -0.481 e. The van der Waals surface area contributed by atoms with Crippen molar-refractivity contribution in [2.75, 3.05) is 13.2 Å². The molecule has 1 aliphatic heterocycles. The van der Waals surface area contributed by atoms with Gasteiger partial charge in [-0.2, -0.15) is 0 Å². The fraction of sp³-hybridized carbons (Fsp3) is 0.900. The van der Waals surface area contributed by atoms with Crippen molar-refractivity contribution in [1.82, 2.24) is 5.32 Å². The molecule has 1 fully saturated rings. The Morgan fingerprint density at radius 3 is 2.93 bits per heavy atom. The van der Waals surface area contributed by atoms with E-state index >= 15 is 0 Å². The first kappa shape index (κ1) is 11.5. The molecule has 2 unspecified atom stereocenters. The Bertz CT molecular complexity index is 194. The lowest BCUT2D eigenvalue weighted by Gasteiger charge is -2.19. The van der Waals surface area contributed by atoms with Crippen LogP contribution in [-0.4, -0.2) is 36.4 Å². The second-order valence-electron chi connectivity index (χ2n) is 4.14. The Morgan fingerprint density at radius 1 is 1.64 bits per heavy atom. The number of carbonyl (C=O) groups is 1. The molecule has 0 amide bonds. The predicted molar refractivity (Wildman–Crippen MR) is 53.2 cm³/mol. The molecule has 0 aromatic heterocycles. The number of carboxylic acid groups (broad SMARTS) is 1. The smallest absolute Gasteiger partial charge is 0.306 e. The molecule has 0 saturated carbocycles. The standard InChI is InChI=1S/C10H19NO3/c1-7(2)9-3-4-14-8(6-11-9)5-10(12)13/h7-9,11H,3-6H2,1-2H3,(H,12,13). The molecule has 82 valence electrons. The molecule has 1 saturated heterocycles. The van der Waals surface area contributed by atoms with Gasteiger partial charge in [0.2, 0.25) is 0 Å². The third-order valence-electron chi connectivity index (χ3n) is 2.60. The topological polar surface area (TPSA) is 58.6 Å². The molecule has 0 bridgehead atoms. The van der Waals surface area contributed by atoms with Crippen molar-refractivity contribution in [3.63, 3.8) is 0 Å². The minimum atomic E-state index is -0.792. The van der Waals surface area contributed by atoms with E-state index in [0.29, 0.717) is 25.1 Å². The Hall–Kier alpha value is -0.610. The van der Waals surface area contributed by atoms with E-state index in [1.807, 2.05) is 0 Å². The first-order chi connectivity index (χ1) is 6.59. The SMILES string of the molecule is CC(C)C1CCOC(CC(=O)O)CN1. The van der Waals surface area contributed by atoms with E-state index in [1.54, 1.807) is 0 Å². The average Bonchev–Trinajstić information content (AvgIpc) is 2.28. The zero-order chi connectivity index (χ0) is 10.6. The van der Waals surface area contributed by atoms with E-state index in [2.05, 4.69) is 19.2 Å². The lowest BCUT2D eigenvalue weighted by atomic mass is 10.0. The average molecular weight is 201 g/mol. The van der Waals surface area contributed by atoms with E-state index in [9.17, 15) is 4.79 Å². The maximum absolute atomic E-state index is 10.5. The quantitative estimate of drug-likeness (QED) is 0.711. The lowest BCUT2D eigenvalue weighted by molar-refractivity contribution is -0.139. The van der Waals surface area contributed by atoms with Gasteiger partial charge >= 0.3 is 5.97 Å². The predicted octanol–water partition coefficient (Wildman–Crippen LogP) is 0.864. The van der Waals surface area contributed by atoms with Crippen LogP contribution >= 0.6 is 0 Å². The zero-order valence-electron chi connectivity index (χ0n) is 8.82. The maximum atomic E-state index is 10.5. The molecule has 4 nitrogen and oxygen atoms in total. The van der Waals surface area contributed by atoms with Crippen LogP contribution in [0.2, 0.25) is 0 Å². The van der Waals surface area contributed by atoms with Crippen LogP contribution in [0, 0.1) is 5.92 Å².